The van der Waals surface area contributed by atoms with Gasteiger partial charge in [0.15, 0.2) is 0 Å². The molecule has 3 nitrogen and oxygen atoms in total. The van der Waals surface area contributed by atoms with Crippen molar-refractivity contribution in [2.45, 2.75) is 39.2 Å². The number of aryl methyl sites for hydroxylation is 1. The molecule has 0 aromatic carbocycles. The molecule has 1 saturated carbocycles. The van der Waals surface area contributed by atoms with Gasteiger partial charge in [0.25, 0.3) is 0 Å². The lowest BCUT2D eigenvalue weighted by atomic mass is 9.79. The number of hydrogen-bond acceptors (Lipinski definition) is 3. The molecule has 0 amide bonds. The minimum absolute atomic E-state index is 0.722. The molecule has 1 aromatic rings. The van der Waals surface area contributed by atoms with Crippen LogP contribution in [0.4, 0.5) is 0 Å². The SMILES string of the molecule is Cc1ccc(CN(C)CC2CCCCC2CN)o1. The van der Waals surface area contributed by atoms with E-state index < -0.39 is 0 Å². The van der Waals surface area contributed by atoms with Crippen LogP contribution in [0.1, 0.15) is 37.2 Å². The monoisotopic (exact) mass is 250 g/mol. The molecule has 0 aliphatic heterocycles. The van der Waals surface area contributed by atoms with Crippen molar-refractivity contribution in [1.82, 2.24) is 4.90 Å². The van der Waals surface area contributed by atoms with Crippen molar-refractivity contribution in [2.24, 2.45) is 17.6 Å². The summed E-state index contributed by atoms with van der Waals surface area (Å²) < 4.78 is 5.63. The zero-order chi connectivity index (χ0) is 13.0. The molecule has 0 radical (unpaired) electrons. The predicted molar refractivity (Wildman–Crippen MR) is 74.3 cm³/mol. The van der Waals surface area contributed by atoms with Gasteiger partial charge in [-0.25, -0.2) is 0 Å². The van der Waals surface area contributed by atoms with E-state index in [0.29, 0.717) is 0 Å². The van der Waals surface area contributed by atoms with Gasteiger partial charge in [0, 0.05) is 6.54 Å². The fraction of sp³-hybridized carbons (Fsp3) is 0.733. The highest BCUT2D eigenvalue weighted by Crippen LogP contribution is 2.30. The second kappa shape index (κ2) is 6.39. The minimum Gasteiger partial charge on any atom is -0.465 e. The molecule has 1 aliphatic rings. The van der Waals surface area contributed by atoms with Gasteiger partial charge in [0.2, 0.25) is 0 Å². The number of rotatable bonds is 5. The van der Waals surface area contributed by atoms with Gasteiger partial charge in [-0.1, -0.05) is 12.8 Å². The lowest BCUT2D eigenvalue weighted by Crippen LogP contribution is -2.35. The highest BCUT2D eigenvalue weighted by Gasteiger charge is 2.25. The Labute approximate surface area is 110 Å². The molecule has 102 valence electrons. The van der Waals surface area contributed by atoms with Crippen molar-refractivity contribution in [1.29, 1.82) is 0 Å². The Hall–Kier alpha value is -0.800. The topological polar surface area (TPSA) is 42.4 Å². The summed E-state index contributed by atoms with van der Waals surface area (Å²) in [4.78, 5) is 2.37. The third-order valence-corrected chi connectivity index (χ3v) is 4.14. The van der Waals surface area contributed by atoms with Crippen molar-refractivity contribution < 1.29 is 4.42 Å². The molecule has 1 heterocycles. The van der Waals surface area contributed by atoms with E-state index in [0.717, 1.165) is 43.0 Å². The van der Waals surface area contributed by atoms with E-state index in [2.05, 4.69) is 18.0 Å². The lowest BCUT2D eigenvalue weighted by molar-refractivity contribution is 0.164. The molecule has 3 heteroatoms. The van der Waals surface area contributed by atoms with Gasteiger partial charge >= 0.3 is 0 Å². The maximum Gasteiger partial charge on any atom is 0.118 e. The van der Waals surface area contributed by atoms with Gasteiger partial charge in [0.1, 0.15) is 11.5 Å². The highest BCUT2D eigenvalue weighted by atomic mass is 16.3. The molecule has 1 aliphatic carbocycles. The Balaban J connectivity index is 1.84. The van der Waals surface area contributed by atoms with Crippen LogP contribution in [0.5, 0.6) is 0 Å². The molecule has 1 aromatic heterocycles. The van der Waals surface area contributed by atoms with Crippen LogP contribution < -0.4 is 5.73 Å². The van der Waals surface area contributed by atoms with Gasteiger partial charge in [-0.2, -0.15) is 0 Å². The average Bonchev–Trinajstić information content (AvgIpc) is 2.75. The highest BCUT2D eigenvalue weighted by molar-refractivity contribution is 5.05. The summed E-state index contributed by atoms with van der Waals surface area (Å²) in [6, 6.07) is 4.11. The zero-order valence-electron chi connectivity index (χ0n) is 11.7. The van der Waals surface area contributed by atoms with E-state index in [4.69, 9.17) is 10.2 Å². The maximum atomic E-state index is 5.89. The van der Waals surface area contributed by atoms with Gasteiger partial charge in [-0.15, -0.1) is 0 Å². The lowest BCUT2D eigenvalue weighted by Gasteiger charge is -2.33. The molecular weight excluding hydrogens is 224 g/mol. The summed E-state index contributed by atoms with van der Waals surface area (Å²) in [6.45, 7) is 4.89. The molecule has 2 atom stereocenters. The normalized spacial score (nSPS) is 24.7. The van der Waals surface area contributed by atoms with Crippen LogP contribution in [0.3, 0.4) is 0 Å². The zero-order valence-corrected chi connectivity index (χ0v) is 11.7. The Bertz CT molecular complexity index is 361. The number of nitrogens with two attached hydrogens (primary N) is 1. The van der Waals surface area contributed by atoms with E-state index in [1.54, 1.807) is 0 Å². The van der Waals surface area contributed by atoms with Crippen molar-refractivity contribution in [3.63, 3.8) is 0 Å². The molecule has 0 saturated heterocycles. The fourth-order valence-electron chi connectivity index (χ4n) is 3.14. The van der Waals surface area contributed by atoms with Crippen LogP contribution in [-0.2, 0) is 6.54 Å². The molecule has 18 heavy (non-hydrogen) atoms. The quantitative estimate of drug-likeness (QED) is 0.873. The Morgan fingerprint density at radius 1 is 1.28 bits per heavy atom. The first kappa shape index (κ1) is 13.6. The largest absolute Gasteiger partial charge is 0.465 e. The second-order valence-electron chi connectivity index (χ2n) is 5.75. The predicted octanol–water partition coefficient (Wildman–Crippen LogP) is 2.78. The summed E-state index contributed by atoms with van der Waals surface area (Å²) >= 11 is 0. The van der Waals surface area contributed by atoms with Gasteiger partial charge in [-0.05, 0) is 57.3 Å². The third kappa shape index (κ3) is 3.59. The van der Waals surface area contributed by atoms with Crippen molar-refractivity contribution in [3.8, 4) is 0 Å². The number of hydrogen-bond donors (Lipinski definition) is 1. The summed E-state index contributed by atoms with van der Waals surface area (Å²) in [7, 11) is 2.18. The first-order chi connectivity index (χ1) is 8.69. The van der Waals surface area contributed by atoms with Crippen LogP contribution in [0.25, 0.3) is 0 Å². The fourth-order valence-corrected chi connectivity index (χ4v) is 3.14. The Morgan fingerprint density at radius 2 is 2.00 bits per heavy atom. The van der Waals surface area contributed by atoms with E-state index in [1.165, 1.54) is 25.7 Å². The summed E-state index contributed by atoms with van der Waals surface area (Å²) in [5.74, 6) is 3.55. The molecule has 2 unspecified atom stereocenters. The third-order valence-electron chi connectivity index (χ3n) is 4.14. The van der Waals surface area contributed by atoms with Gasteiger partial charge in [-0.3, -0.25) is 4.90 Å². The van der Waals surface area contributed by atoms with Crippen LogP contribution in [0, 0.1) is 18.8 Å². The smallest absolute Gasteiger partial charge is 0.118 e. The molecule has 1 fully saturated rings. The standard InChI is InChI=1S/C15H26N2O/c1-12-7-8-15(18-12)11-17(2)10-14-6-4-3-5-13(14)9-16/h7-8,13-14H,3-6,9-11,16H2,1-2H3. The second-order valence-corrected chi connectivity index (χ2v) is 5.75. The van der Waals surface area contributed by atoms with E-state index >= 15 is 0 Å². The molecule has 2 rings (SSSR count). The molecule has 2 N–H and O–H groups in total. The van der Waals surface area contributed by atoms with E-state index in [9.17, 15) is 0 Å². The number of nitrogens with zero attached hydrogens (tertiary/aromatic N) is 1. The van der Waals surface area contributed by atoms with Crippen LogP contribution in [0.2, 0.25) is 0 Å². The van der Waals surface area contributed by atoms with Crippen LogP contribution in [0.15, 0.2) is 16.5 Å². The molecular formula is C15H26N2O. The van der Waals surface area contributed by atoms with Crippen LogP contribution >= 0.6 is 0 Å². The Morgan fingerprint density at radius 3 is 2.61 bits per heavy atom. The van der Waals surface area contributed by atoms with Crippen molar-refractivity contribution in [3.05, 3.63) is 23.7 Å². The summed E-state index contributed by atoms with van der Waals surface area (Å²) in [6.07, 6.45) is 5.38. The summed E-state index contributed by atoms with van der Waals surface area (Å²) in [5, 5.41) is 0. The minimum atomic E-state index is 0.722. The Kier molecular flexibility index (Phi) is 4.84. The van der Waals surface area contributed by atoms with Gasteiger partial charge < -0.3 is 10.2 Å². The number of furan rings is 1. The van der Waals surface area contributed by atoms with E-state index in [-0.39, 0.29) is 0 Å². The maximum absolute atomic E-state index is 5.89. The van der Waals surface area contributed by atoms with Crippen molar-refractivity contribution >= 4 is 0 Å². The first-order valence-corrected chi connectivity index (χ1v) is 7.13. The molecule has 0 spiro atoms. The average molecular weight is 250 g/mol. The first-order valence-electron chi connectivity index (χ1n) is 7.13. The van der Waals surface area contributed by atoms with Crippen molar-refractivity contribution in [2.75, 3.05) is 20.1 Å². The summed E-state index contributed by atoms with van der Waals surface area (Å²) in [5.41, 5.74) is 5.89. The van der Waals surface area contributed by atoms with Crippen LogP contribution in [-0.4, -0.2) is 25.0 Å². The van der Waals surface area contributed by atoms with Gasteiger partial charge in [0.05, 0.1) is 6.54 Å². The molecule has 0 bridgehead atoms. The van der Waals surface area contributed by atoms with E-state index in [1.807, 2.05) is 13.0 Å².